The van der Waals surface area contributed by atoms with Gasteiger partial charge in [0, 0.05) is 4.47 Å². The molecule has 1 N–H and O–H groups in total. The number of tetrazole rings is 1. The van der Waals surface area contributed by atoms with Crippen molar-refractivity contribution >= 4 is 32.7 Å². The van der Waals surface area contributed by atoms with Crippen LogP contribution in [0, 0.1) is 0 Å². The Morgan fingerprint density at radius 2 is 1.77 bits per heavy atom. The van der Waals surface area contributed by atoms with Gasteiger partial charge in [0.15, 0.2) is 0 Å². The third-order valence-corrected chi connectivity index (χ3v) is 5.53. The van der Waals surface area contributed by atoms with Crippen LogP contribution >= 0.6 is 15.9 Å². The van der Waals surface area contributed by atoms with E-state index in [0.717, 1.165) is 10.9 Å². The van der Waals surface area contributed by atoms with Crippen molar-refractivity contribution in [2.45, 2.75) is 18.5 Å². The maximum absolute atomic E-state index is 4.25. The smallest absolute Gasteiger partial charge is 0.243 e. The Kier molecular flexibility index (Phi) is 3.71. The summed E-state index contributed by atoms with van der Waals surface area (Å²) in [5.41, 5.74) is 2.48. The number of benzene rings is 3. The fraction of sp³-hybridized carbons (Fsp3) is 0.150. The maximum Gasteiger partial charge on any atom is 0.243 e. The Bertz CT molecular complexity index is 1070. The summed E-state index contributed by atoms with van der Waals surface area (Å²) in [5.74, 6) is 0.710. The van der Waals surface area contributed by atoms with Gasteiger partial charge in [-0.15, -0.1) is 0 Å². The molecule has 0 fully saturated rings. The SMILES string of the molecule is Brc1ccc(C2CC(c3cccc4ccccc34)n3nnnc3N2)cc1. The number of halogens is 1. The third kappa shape index (κ3) is 2.57. The highest BCUT2D eigenvalue weighted by atomic mass is 79.9. The second-order valence-electron chi connectivity index (χ2n) is 6.52. The lowest BCUT2D eigenvalue weighted by Gasteiger charge is -2.31. The van der Waals surface area contributed by atoms with E-state index in [1.165, 1.54) is 21.9 Å². The molecule has 6 heteroatoms. The fourth-order valence-corrected chi connectivity index (χ4v) is 4.02. The van der Waals surface area contributed by atoms with Crippen LogP contribution in [0.3, 0.4) is 0 Å². The van der Waals surface area contributed by atoms with Gasteiger partial charge in [-0.2, -0.15) is 0 Å². The van der Waals surface area contributed by atoms with E-state index in [0.29, 0.717) is 5.95 Å². The predicted octanol–water partition coefficient (Wildman–Crippen LogP) is 4.74. The lowest BCUT2D eigenvalue weighted by molar-refractivity contribution is 0.426. The molecule has 0 radical (unpaired) electrons. The van der Waals surface area contributed by atoms with Crippen molar-refractivity contribution in [3.05, 3.63) is 82.3 Å². The van der Waals surface area contributed by atoms with Crippen LogP contribution in [0.2, 0.25) is 0 Å². The minimum atomic E-state index is 0.0843. The van der Waals surface area contributed by atoms with E-state index in [1.807, 2.05) is 4.68 Å². The quantitative estimate of drug-likeness (QED) is 0.523. The number of aromatic nitrogens is 4. The minimum absolute atomic E-state index is 0.0843. The van der Waals surface area contributed by atoms with Gasteiger partial charge in [-0.3, -0.25) is 0 Å². The summed E-state index contributed by atoms with van der Waals surface area (Å²) in [7, 11) is 0. The van der Waals surface area contributed by atoms with Crippen LogP contribution < -0.4 is 5.32 Å². The molecule has 128 valence electrons. The largest absolute Gasteiger partial charge is 0.346 e. The molecule has 0 saturated carbocycles. The zero-order chi connectivity index (χ0) is 17.5. The highest BCUT2D eigenvalue weighted by molar-refractivity contribution is 9.10. The second-order valence-corrected chi connectivity index (χ2v) is 7.43. The molecule has 2 unspecified atom stereocenters. The first-order chi connectivity index (χ1) is 12.8. The van der Waals surface area contributed by atoms with Gasteiger partial charge in [-0.25, -0.2) is 4.68 Å². The molecule has 2 heterocycles. The maximum atomic E-state index is 4.25. The van der Waals surface area contributed by atoms with Gasteiger partial charge in [0.2, 0.25) is 5.95 Å². The van der Waals surface area contributed by atoms with Crippen molar-refractivity contribution in [1.82, 2.24) is 20.2 Å². The van der Waals surface area contributed by atoms with Gasteiger partial charge >= 0.3 is 0 Å². The van der Waals surface area contributed by atoms with E-state index in [9.17, 15) is 0 Å². The molecule has 1 aliphatic rings. The zero-order valence-corrected chi connectivity index (χ0v) is 15.5. The van der Waals surface area contributed by atoms with Crippen LogP contribution in [0.15, 0.2) is 71.2 Å². The van der Waals surface area contributed by atoms with Crippen LogP contribution in [0.5, 0.6) is 0 Å². The molecule has 2 atom stereocenters. The van der Waals surface area contributed by atoms with E-state index in [1.54, 1.807) is 0 Å². The van der Waals surface area contributed by atoms with E-state index < -0.39 is 0 Å². The monoisotopic (exact) mass is 405 g/mol. The van der Waals surface area contributed by atoms with Crippen LogP contribution in [0.25, 0.3) is 10.8 Å². The Hall–Kier alpha value is -2.73. The Morgan fingerprint density at radius 1 is 0.962 bits per heavy atom. The highest BCUT2D eigenvalue weighted by Crippen LogP contribution is 2.39. The molecule has 0 aliphatic carbocycles. The minimum Gasteiger partial charge on any atom is -0.346 e. The lowest BCUT2D eigenvalue weighted by atomic mass is 9.90. The van der Waals surface area contributed by atoms with Crippen molar-refractivity contribution in [2.75, 3.05) is 5.32 Å². The molecule has 4 aromatic rings. The number of nitrogens with one attached hydrogen (secondary N) is 1. The summed E-state index contributed by atoms with van der Waals surface area (Å²) in [6.45, 7) is 0. The standard InChI is InChI=1S/C20H16BrN5/c21-15-10-8-14(9-11-15)18-12-19(26-20(22-18)23-24-25-26)17-7-3-5-13-4-1-2-6-16(13)17/h1-11,18-19H,12H2,(H,22,23,25). The molecule has 0 bridgehead atoms. The number of hydrogen-bond donors (Lipinski definition) is 1. The summed E-state index contributed by atoms with van der Waals surface area (Å²) in [6, 6.07) is 23.6. The molecule has 26 heavy (non-hydrogen) atoms. The van der Waals surface area contributed by atoms with E-state index in [-0.39, 0.29) is 12.1 Å². The van der Waals surface area contributed by atoms with Gasteiger partial charge in [0.1, 0.15) is 0 Å². The van der Waals surface area contributed by atoms with Crippen LogP contribution in [-0.4, -0.2) is 20.2 Å². The molecule has 1 aromatic heterocycles. The number of hydrogen-bond acceptors (Lipinski definition) is 4. The van der Waals surface area contributed by atoms with Crippen molar-refractivity contribution in [3.8, 4) is 0 Å². The van der Waals surface area contributed by atoms with Crippen LogP contribution in [-0.2, 0) is 0 Å². The first kappa shape index (κ1) is 15.5. The Morgan fingerprint density at radius 3 is 2.65 bits per heavy atom. The molecular weight excluding hydrogens is 390 g/mol. The van der Waals surface area contributed by atoms with Gasteiger partial charge < -0.3 is 5.32 Å². The molecule has 0 spiro atoms. The first-order valence-corrected chi connectivity index (χ1v) is 9.36. The topological polar surface area (TPSA) is 55.6 Å². The van der Waals surface area contributed by atoms with Crippen molar-refractivity contribution in [3.63, 3.8) is 0 Å². The van der Waals surface area contributed by atoms with Gasteiger partial charge in [0.25, 0.3) is 0 Å². The van der Waals surface area contributed by atoms with Crippen LogP contribution in [0.1, 0.15) is 29.6 Å². The first-order valence-electron chi connectivity index (χ1n) is 8.57. The highest BCUT2D eigenvalue weighted by Gasteiger charge is 2.31. The molecule has 0 amide bonds. The van der Waals surface area contributed by atoms with E-state index in [4.69, 9.17) is 0 Å². The van der Waals surface area contributed by atoms with Gasteiger partial charge in [-0.1, -0.05) is 75.6 Å². The van der Waals surface area contributed by atoms with Crippen molar-refractivity contribution < 1.29 is 0 Å². The summed E-state index contributed by atoms with van der Waals surface area (Å²) in [5, 5.41) is 18.3. The van der Waals surface area contributed by atoms with Gasteiger partial charge in [-0.05, 0) is 50.9 Å². The summed E-state index contributed by atoms with van der Waals surface area (Å²) in [4.78, 5) is 0. The van der Waals surface area contributed by atoms with E-state index in [2.05, 4.69) is 104 Å². The summed E-state index contributed by atoms with van der Waals surface area (Å²) in [6.07, 6.45) is 0.883. The summed E-state index contributed by atoms with van der Waals surface area (Å²) < 4.78 is 2.98. The van der Waals surface area contributed by atoms with Crippen molar-refractivity contribution in [2.24, 2.45) is 0 Å². The number of fused-ring (bicyclic) bond motifs is 2. The number of anilines is 1. The van der Waals surface area contributed by atoms with Gasteiger partial charge in [0.05, 0.1) is 12.1 Å². The summed E-state index contributed by atoms with van der Waals surface area (Å²) >= 11 is 3.51. The second kappa shape index (κ2) is 6.21. The van der Waals surface area contributed by atoms with Crippen LogP contribution in [0.4, 0.5) is 5.95 Å². The molecule has 1 aliphatic heterocycles. The molecular formula is C20H16BrN5. The third-order valence-electron chi connectivity index (χ3n) is 5.01. The average molecular weight is 406 g/mol. The average Bonchev–Trinajstić information content (AvgIpc) is 3.16. The molecule has 5 nitrogen and oxygen atoms in total. The van der Waals surface area contributed by atoms with Crippen molar-refractivity contribution in [1.29, 1.82) is 0 Å². The number of rotatable bonds is 2. The molecule has 3 aromatic carbocycles. The number of nitrogens with zero attached hydrogens (tertiary/aromatic N) is 4. The predicted molar refractivity (Wildman–Crippen MR) is 105 cm³/mol. The Balaban J connectivity index is 1.62. The molecule has 0 saturated heterocycles. The Labute approximate surface area is 159 Å². The van der Waals surface area contributed by atoms with E-state index >= 15 is 0 Å². The fourth-order valence-electron chi connectivity index (χ4n) is 3.75. The normalized spacial score (nSPS) is 19.1. The lowest BCUT2D eigenvalue weighted by Crippen LogP contribution is -2.28. The zero-order valence-electron chi connectivity index (χ0n) is 13.9. The molecule has 5 rings (SSSR count).